The van der Waals surface area contributed by atoms with Gasteiger partial charge in [0.25, 0.3) is 0 Å². The molecule has 0 bridgehead atoms. The van der Waals surface area contributed by atoms with Gasteiger partial charge in [0.05, 0.1) is 18.4 Å². The molecule has 15 heteroatoms. The summed E-state index contributed by atoms with van der Waals surface area (Å²) < 4.78 is 54.4. The van der Waals surface area contributed by atoms with Gasteiger partial charge < -0.3 is 24.8 Å². The molecule has 0 aliphatic carbocycles. The first-order valence-corrected chi connectivity index (χ1v) is 12.5. The lowest BCUT2D eigenvalue weighted by Crippen LogP contribution is -2.26. The number of aliphatic carboxylic acids is 1. The minimum Gasteiger partial charge on any atom is -0.494 e. The quantitative estimate of drug-likeness (QED) is 0.264. The van der Waals surface area contributed by atoms with E-state index in [4.69, 9.17) is 31.2 Å². The number of aromatic nitrogens is 5. The summed E-state index contributed by atoms with van der Waals surface area (Å²) in [5.74, 6) is -1.49. The third-order valence-electron chi connectivity index (χ3n) is 6.30. The van der Waals surface area contributed by atoms with E-state index < -0.39 is 17.7 Å². The number of aliphatic hydroxyl groups is 1. The molecule has 0 fully saturated rings. The van der Waals surface area contributed by atoms with E-state index in [-0.39, 0.29) is 11.7 Å². The number of fused-ring (bicyclic) bond motifs is 1. The van der Waals surface area contributed by atoms with Crippen molar-refractivity contribution in [2.24, 2.45) is 0 Å². The molecule has 5 rings (SSSR count). The highest BCUT2D eigenvalue weighted by molar-refractivity contribution is 6.29. The highest BCUT2D eigenvalue weighted by Gasteiger charge is 2.38. The zero-order valence-corrected chi connectivity index (χ0v) is 22.5. The first kappa shape index (κ1) is 29.8. The standard InChI is InChI=1S/C24H24ClFN6O2.C2HF3O2/c1-24(33)9-10-32-22(18(12-24)15-3-5-16(26)6-4-15)29-23(30-32)28-17-7-8-19(20(11-17)34-2)31-13-21(25)27-14-31;3-2(4,5)1(6)7/h3-8,11,13-14,18,33H,9-10,12H2,1-2H3,(H,28,30);(H,6,7)/t18-,24+;/m1./s1. The summed E-state index contributed by atoms with van der Waals surface area (Å²) in [7, 11) is 1.59. The number of anilines is 2. The summed E-state index contributed by atoms with van der Waals surface area (Å²) >= 11 is 5.95. The van der Waals surface area contributed by atoms with Gasteiger partial charge in [-0.3, -0.25) is 0 Å². The Hall–Kier alpha value is -4.17. The zero-order valence-electron chi connectivity index (χ0n) is 21.7. The van der Waals surface area contributed by atoms with Gasteiger partial charge in [-0.15, -0.1) is 5.10 Å². The Morgan fingerprint density at radius 1 is 1.22 bits per heavy atom. The van der Waals surface area contributed by atoms with E-state index in [2.05, 4.69) is 15.4 Å². The molecule has 2 aromatic heterocycles. The smallest absolute Gasteiger partial charge is 0.490 e. The lowest BCUT2D eigenvalue weighted by atomic mass is 9.86. The van der Waals surface area contributed by atoms with Crippen LogP contribution in [0.5, 0.6) is 5.75 Å². The van der Waals surface area contributed by atoms with Crippen molar-refractivity contribution in [1.29, 1.82) is 0 Å². The summed E-state index contributed by atoms with van der Waals surface area (Å²) in [6, 6.07) is 11.9. The Morgan fingerprint density at radius 3 is 2.49 bits per heavy atom. The van der Waals surface area contributed by atoms with Gasteiger partial charge in [-0.2, -0.15) is 18.2 Å². The van der Waals surface area contributed by atoms with E-state index >= 15 is 0 Å². The second kappa shape index (κ2) is 11.7. The molecule has 218 valence electrons. The Morgan fingerprint density at radius 2 is 1.90 bits per heavy atom. The topological polar surface area (TPSA) is 127 Å². The average Bonchev–Trinajstić information content (AvgIpc) is 3.49. The van der Waals surface area contributed by atoms with Crippen LogP contribution >= 0.6 is 11.6 Å². The van der Waals surface area contributed by atoms with Crippen LogP contribution < -0.4 is 10.1 Å². The van der Waals surface area contributed by atoms with Crippen molar-refractivity contribution in [2.75, 3.05) is 12.4 Å². The zero-order chi connectivity index (χ0) is 29.9. The van der Waals surface area contributed by atoms with Gasteiger partial charge in [-0.1, -0.05) is 23.7 Å². The van der Waals surface area contributed by atoms with Crippen molar-refractivity contribution in [3.8, 4) is 11.4 Å². The first-order valence-electron chi connectivity index (χ1n) is 12.1. The number of methoxy groups -OCH3 is 1. The SMILES string of the molecule is COc1cc(Nc2nc3n(n2)CC[C@](C)(O)C[C@@H]3c2ccc(F)cc2)ccc1-n1cnc(Cl)c1.O=C(O)C(F)(F)F. The van der Waals surface area contributed by atoms with Crippen LogP contribution in [0.15, 0.2) is 55.0 Å². The Balaban J connectivity index is 0.000000493. The van der Waals surface area contributed by atoms with Crippen molar-refractivity contribution >= 4 is 29.2 Å². The van der Waals surface area contributed by atoms with Crippen molar-refractivity contribution < 1.29 is 37.3 Å². The normalized spacial score (nSPS) is 18.5. The molecule has 2 atom stereocenters. The van der Waals surface area contributed by atoms with Gasteiger partial charge in [-0.25, -0.2) is 18.9 Å². The molecule has 2 aromatic carbocycles. The molecule has 0 amide bonds. The van der Waals surface area contributed by atoms with Gasteiger partial charge in [0, 0.05) is 30.4 Å². The number of benzene rings is 2. The molecule has 41 heavy (non-hydrogen) atoms. The van der Waals surface area contributed by atoms with Gasteiger partial charge in [0.2, 0.25) is 5.95 Å². The second-order valence-corrected chi connectivity index (χ2v) is 9.88. The molecule has 1 aliphatic heterocycles. The number of alkyl halides is 3. The van der Waals surface area contributed by atoms with E-state index in [9.17, 15) is 22.7 Å². The van der Waals surface area contributed by atoms with Crippen LogP contribution in [-0.2, 0) is 11.3 Å². The van der Waals surface area contributed by atoms with Crippen LogP contribution in [0.3, 0.4) is 0 Å². The predicted molar refractivity (Wildman–Crippen MR) is 140 cm³/mol. The Bertz CT molecular complexity index is 1520. The number of nitrogens with one attached hydrogen (secondary N) is 1. The van der Waals surface area contributed by atoms with Crippen LogP contribution in [0.25, 0.3) is 5.69 Å². The summed E-state index contributed by atoms with van der Waals surface area (Å²) in [5.41, 5.74) is 1.54. The number of ether oxygens (including phenoxy) is 1. The summed E-state index contributed by atoms with van der Waals surface area (Å²) in [6.45, 7) is 2.34. The molecule has 0 unspecified atom stereocenters. The summed E-state index contributed by atoms with van der Waals surface area (Å²) in [4.78, 5) is 17.7. The molecular weight excluding hydrogens is 572 g/mol. The number of hydrogen-bond donors (Lipinski definition) is 3. The molecule has 0 saturated heterocycles. The highest BCUT2D eigenvalue weighted by Crippen LogP contribution is 2.37. The van der Waals surface area contributed by atoms with Gasteiger partial charge in [0.1, 0.15) is 28.9 Å². The molecule has 0 saturated carbocycles. The van der Waals surface area contributed by atoms with Gasteiger partial charge in [0.15, 0.2) is 0 Å². The van der Waals surface area contributed by atoms with Crippen LogP contribution in [0.1, 0.15) is 37.1 Å². The lowest BCUT2D eigenvalue weighted by molar-refractivity contribution is -0.192. The molecular formula is C26H25ClF4N6O4. The van der Waals surface area contributed by atoms with Crippen LogP contribution in [0, 0.1) is 5.82 Å². The molecule has 0 radical (unpaired) electrons. The van der Waals surface area contributed by atoms with E-state index in [1.807, 2.05) is 29.8 Å². The average molecular weight is 597 g/mol. The third-order valence-corrected chi connectivity index (χ3v) is 6.49. The number of rotatable bonds is 5. The minimum absolute atomic E-state index is 0.218. The Kier molecular flexibility index (Phi) is 8.54. The van der Waals surface area contributed by atoms with Crippen molar-refractivity contribution in [3.05, 3.63) is 77.3 Å². The van der Waals surface area contributed by atoms with E-state index in [1.165, 1.54) is 12.1 Å². The molecule has 3 N–H and O–H groups in total. The molecule has 4 aromatic rings. The molecule has 3 heterocycles. The fourth-order valence-corrected chi connectivity index (χ4v) is 4.45. The summed E-state index contributed by atoms with van der Waals surface area (Å²) in [5, 5.41) is 26.2. The number of carbonyl (C=O) groups is 1. The molecule has 10 nitrogen and oxygen atoms in total. The Labute approximate surface area is 236 Å². The summed E-state index contributed by atoms with van der Waals surface area (Å²) in [6.07, 6.45) is -0.764. The van der Waals surface area contributed by atoms with E-state index in [0.29, 0.717) is 36.2 Å². The van der Waals surface area contributed by atoms with Crippen molar-refractivity contribution in [1.82, 2.24) is 24.3 Å². The maximum atomic E-state index is 13.5. The lowest BCUT2D eigenvalue weighted by Gasteiger charge is -2.24. The fourth-order valence-electron chi connectivity index (χ4n) is 4.30. The number of aryl methyl sites for hydroxylation is 1. The largest absolute Gasteiger partial charge is 0.494 e. The van der Waals surface area contributed by atoms with Crippen molar-refractivity contribution in [3.63, 3.8) is 0 Å². The maximum Gasteiger partial charge on any atom is 0.490 e. The molecule has 0 spiro atoms. The number of nitrogens with zero attached hydrogens (tertiary/aromatic N) is 5. The number of halogens is 5. The fraction of sp³-hybridized carbons (Fsp3) is 0.308. The highest BCUT2D eigenvalue weighted by atomic mass is 35.5. The van der Waals surface area contributed by atoms with Crippen LogP contribution in [-0.4, -0.2) is 59.4 Å². The third kappa shape index (κ3) is 7.32. The minimum atomic E-state index is -5.08. The number of imidazole rings is 1. The van der Waals surface area contributed by atoms with Gasteiger partial charge in [-0.05, 0) is 49.6 Å². The number of hydrogen-bond acceptors (Lipinski definition) is 7. The predicted octanol–water partition coefficient (Wildman–Crippen LogP) is 5.32. The monoisotopic (exact) mass is 596 g/mol. The van der Waals surface area contributed by atoms with E-state index in [1.54, 1.807) is 36.3 Å². The second-order valence-electron chi connectivity index (χ2n) is 9.49. The van der Waals surface area contributed by atoms with Gasteiger partial charge >= 0.3 is 12.1 Å². The number of carboxylic acids is 1. The van der Waals surface area contributed by atoms with Crippen molar-refractivity contribution in [2.45, 2.75) is 44.0 Å². The number of carboxylic acid groups (broad SMARTS) is 1. The van der Waals surface area contributed by atoms with Crippen LogP contribution in [0.4, 0.5) is 29.2 Å². The molecule has 1 aliphatic rings. The maximum absolute atomic E-state index is 13.5. The first-order chi connectivity index (χ1) is 19.3. The van der Waals surface area contributed by atoms with Crippen LogP contribution in [0.2, 0.25) is 5.15 Å². The van der Waals surface area contributed by atoms with E-state index in [0.717, 1.165) is 22.8 Å².